The van der Waals surface area contributed by atoms with E-state index >= 15 is 0 Å². The number of carbonyl (C=O) groups is 1. The number of rotatable bonds is 4. The summed E-state index contributed by atoms with van der Waals surface area (Å²) >= 11 is 2.26. The van der Waals surface area contributed by atoms with Gasteiger partial charge in [-0.25, -0.2) is 4.79 Å². The Kier molecular flexibility index (Phi) is 5.03. The molecule has 25 heavy (non-hydrogen) atoms. The maximum absolute atomic E-state index is 11.5. The van der Waals surface area contributed by atoms with Gasteiger partial charge in [-0.15, -0.1) is 0 Å². The minimum Gasteiger partial charge on any atom is -0.478 e. The zero-order valence-corrected chi connectivity index (χ0v) is 16.1. The highest BCUT2D eigenvalue weighted by Crippen LogP contribution is 2.23. The van der Waals surface area contributed by atoms with Gasteiger partial charge in [0, 0.05) is 26.7 Å². The van der Waals surface area contributed by atoms with Gasteiger partial charge in [-0.3, -0.25) is 4.99 Å². The van der Waals surface area contributed by atoms with Gasteiger partial charge < -0.3 is 9.67 Å². The van der Waals surface area contributed by atoms with E-state index in [1.165, 1.54) is 0 Å². The summed E-state index contributed by atoms with van der Waals surface area (Å²) in [5.74, 6) is -0.933. The molecule has 0 amide bonds. The summed E-state index contributed by atoms with van der Waals surface area (Å²) in [7, 11) is 0. The van der Waals surface area contributed by atoms with Crippen LogP contribution in [0.3, 0.4) is 0 Å². The van der Waals surface area contributed by atoms with E-state index in [9.17, 15) is 9.90 Å². The third kappa shape index (κ3) is 3.66. The molecule has 0 saturated heterocycles. The predicted molar refractivity (Wildman–Crippen MR) is 109 cm³/mol. The second-order valence-electron chi connectivity index (χ2n) is 5.72. The number of benzene rings is 2. The lowest BCUT2D eigenvalue weighted by atomic mass is 10.1. The van der Waals surface area contributed by atoms with Gasteiger partial charge >= 0.3 is 5.97 Å². The van der Waals surface area contributed by atoms with Crippen molar-refractivity contribution >= 4 is 40.5 Å². The Morgan fingerprint density at radius 1 is 1.12 bits per heavy atom. The van der Waals surface area contributed by atoms with Gasteiger partial charge in [0.05, 0.1) is 16.9 Å². The molecule has 5 heteroatoms. The smallest absolute Gasteiger partial charge is 0.337 e. The molecule has 3 rings (SSSR count). The van der Waals surface area contributed by atoms with E-state index in [1.54, 1.807) is 12.1 Å². The molecule has 1 aromatic heterocycles. The van der Waals surface area contributed by atoms with Gasteiger partial charge in [0.1, 0.15) is 0 Å². The van der Waals surface area contributed by atoms with Crippen molar-refractivity contribution in [3.05, 3.63) is 80.7 Å². The van der Waals surface area contributed by atoms with Crippen LogP contribution in [0.25, 0.3) is 5.69 Å². The first-order valence-electron chi connectivity index (χ1n) is 7.78. The Morgan fingerprint density at radius 2 is 1.88 bits per heavy atom. The summed E-state index contributed by atoms with van der Waals surface area (Å²) in [6.45, 7) is 3.94. The lowest BCUT2D eigenvalue weighted by Gasteiger charge is -2.12. The van der Waals surface area contributed by atoms with Gasteiger partial charge in [0.25, 0.3) is 0 Å². The lowest BCUT2D eigenvalue weighted by Crippen LogP contribution is -2.07. The molecule has 0 saturated carbocycles. The summed E-state index contributed by atoms with van der Waals surface area (Å²) in [4.78, 5) is 16.1. The van der Waals surface area contributed by atoms with Crippen molar-refractivity contribution in [2.75, 3.05) is 0 Å². The van der Waals surface area contributed by atoms with E-state index in [0.717, 1.165) is 26.2 Å². The number of hydrogen-bond acceptors (Lipinski definition) is 2. The largest absolute Gasteiger partial charge is 0.478 e. The third-order valence-electron chi connectivity index (χ3n) is 4.01. The molecule has 4 nitrogen and oxygen atoms in total. The van der Waals surface area contributed by atoms with Crippen LogP contribution in [0.5, 0.6) is 0 Å². The molecule has 0 aliphatic carbocycles. The van der Waals surface area contributed by atoms with Crippen LogP contribution in [0.15, 0.2) is 59.6 Å². The molecule has 0 spiro atoms. The number of aromatic nitrogens is 1. The van der Waals surface area contributed by atoms with Crippen LogP contribution in [0, 0.1) is 17.4 Å². The van der Waals surface area contributed by atoms with Crippen molar-refractivity contribution < 1.29 is 9.90 Å². The summed E-state index contributed by atoms with van der Waals surface area (Å²) < 4.78 is 3.09. The number of para-hydroxylation sites is 1. The molecule has 1 N–H and O–H groups in total. The van der Waals surface area contributed by atoms with E-state index in [1.807, 2.05) is 67.1 Å². The Labute approximate surface area is 160 Å². The van der Waals surface area contributed by atoms with E-state index in [4.69, 9.17) is 0 Å². The fraction of sp³-hybridized carbons (Fsp3) is 0.100. The fourth-order valence-electron chi connectivity index (χ4n) is 2.84. The van der Waals surface area contributed by atoms with Crippen molar-refractivity contribution in [1.29, 1.82) is 0 Å². The maximum Gasteiger partial charge on any atom is 0.337 e. The second kappa shape index (κ2) is 7.23. The molecule has 0 fully saturated rings. The number of hydrogen-bond donors (Lipinski definition) is 1. The van der Waals surface area contributed by atoms with Crippen LogP contribution in [-0.4, -0.2) is 21.9 Å². The van der Waals surface area contributed by atoms with E-state index in [2.05, 4.69) is 27.6 Å². The molecule has 1 heterocycles. The van der Waals surface area contributed by atoms with Gasteiger partial charge in [-0.05, 0) is 72.8 Å². The Balaban J connectivity index is 2.04. The molecule has 0 atom stereocenters. The topological polar surface area (TPSA) is 54.6 Å². The van der Waals surface area contributed by atoms with Crippen LogP contribution < -0.4 is 0 Å². The van der Waals surface area contributed by atoms with Crippen LogP contribution in [0.2, 0.25) is 0 Å². The Hall–Kier alpha value is -2.41. The lowest BCUT2D eigenvalue weighted by molar-refractivity contribution is 0.0697. The van der Waals surface area contributed by atoms with Gasteiger partial charge in [0.2, 0.25) is 0 Å². The minimum atomic E-state index is -0.933. The average Bonchev–Trinajstić information content (AvgIpc) is 2.87. The maximum atomic E-state index is 11.5. The number of halogens is 1. The quantitative estimate of drug-likeness (QED) is 0.447. The van der Waals surface area contributed by atoms with E-state index in [-0.39, 0.29) is 5.56 Å². The zero-order chi connectivity index (χ0) is 18.0. The zero-order valence-electron chi connectivity index (χ0n) is 13.9. The highest BCUT2D eigenvalue weighted by Gasteiger charge is 2.15. The summed E-state index contributed by atoms with van der Waals surface area (Å²) in [6, 6.07) is 17.0. The van der Waals surface area contributed by atoms with Crippen LogP contribution in [0.4, 0.5) is 5.69 Å². The van der Waals surface area contributed by atoms with Gasteiger partial charge in [-0.2, -0.15) is 0 Å². The summed E-state index contributed by atoms with van der Waals surface area (Å²) in [5, 5.41) is 9.45. The second-order valence-corrected chi connectivity index (χ2v) is 6.97. The van der Waals surface area contributed by atoms with Crippen LogP contribution in [-0.2, 0) is 0 Å². The fourth-order valence-corrected chi connectivity index (χ4v) is 3.37. The summed E-state index contributed by atoms with van der Waals surface area (Å²) in [5.41, 5.74) is 4.74. The molecule has 3 aromatic rings. The highest BCUT2D eigenvalue weighted by atomic mass is 127. The summed E-state index contributed by atoms with van der Waals surface area (Å²) in [6.07, 6.45) is 1.83. The first-order chi connectivity index (χ1) is 12.0. The van der Waals surface area contributed by atoms with Crippen molar-refractivity contribution in [3.8, 4) is 5.69 Å². The van der Waals surface area contributed by atoms with Crippen LogP contribution in [0.1, 0.15) is 27.3 Å². The molecular formula is C20H17IN2O2. The van der Waals surface area contributed by atoms with Crippen molar-refractivity contribution in [2.45, 2.75) is 13.8 Å². The Bertz CT molecular complexity index is 974. The molecule has 0 bridgehead atoms. The SMILES string of the molecule is Cc1cc(C=Nc2cccc(I)c2)c(C)n1-c1ccccc1C(=O)O. The molecule has 0 unspecified atom stereocenters. The molecule has 2 aromatic carbocycles. The molecular weight excluding hydrogens is 427 g/mol. The first kappa shape index (κ1) is 17.4. The van der Waals surface area contributed by atoms with Crippen molar-refractivity contribution in [3.63, 3.8) is 0 Å². The number of aromatic carboxylic acids is 1. The normalized spacial score (nSPS) is 11.2. The third-order valence-corrected chi connectivity index (χ3v) is 4.68. The van der Waals surface area contributed by atoms with Crippen LogP contribution >= 0.6 is 22.6 Å². The van der Waals surface area contributed by atoms with E-state index in [0.29, 0.717) is 5.69 Å². The number of aryl methyl sites for hydroxylation is 1. The standard InChI is InChI=1S/C20H17IN2O2/c1-13-10-15(12-22-17-7-5-6-16(21)11-17)14(2)23(13)19-9-4-3-8-18(19)20(24)25/h3-12H,1-2H3,(H,24,25). The van der Waals surface area contributed by atoms with Crippen molar-refractivity contribution in [2.24, 2.45) is 4.99 Å². The molecule has 0 radical (unpaired) electrons. The van der Waals surface area contributed by atoms with Gasteiger partial charge in [0.15, 0.2) is 0 Å². The number of nitrogens with zero attached hydrogens (tertiary/aromatic N) is 2. The first-order valence-corrected chi connectivity index (χ1v) is 8.86. The number of aliphatic imine (C=N–C) groups is 1. The van der Waals surface area contributed by atoms with E-state index < -0.39 is 5.97 Å². The average molecular weight is 444 g/mol. The molecule has 0 aliphatic heterocycles. The number of carboxylic acids is 1. The minimum absolute atomic E-state index is 0.283. The van der Waals surface area contributed by atoms with Gasteiger partial charge in [-0.1, -0.05) is 18.2 Å². The predicted octanol–water partition coefficient (Wildman–Crippen LogP) is 5.15. The number of carboxylic acid groups (broad SMARTS) is 1. The highest BCUT2D eigenvalue weighted by molar-refractivity contribution is 14.1. The Morgan fingerprint density at radius 3 is 2.60 bits per heavy atom. The molecule has 126 valence electrons. The monoisotopic (exact) mass is 444 g/mol. The molecule has 0 aliphatic rings. The van der Waals surface area contributed by atoms with Crippen molar-refractivity contribution in [1.82, 2.24) is 4.57 Å².